The summed E-state index contributed by atoms with van der Waals surface area (Å²) in [7, 11) is 0. The van der Waals surface area contributed by atoms with Crippen molar-refractivity contribution in [2.75, 3.05) is 6.54 Å². The summed E-state index contributed by atoms with van der Waals surface area (Å²) in [5.74, 6) is 0. The number of pyridine rings is 1. The van der Waals surface area contributed by atoms with Gasteiger partial charge in [-0.15, -0.1) is 0 Å². The topological polar surface area (TPSA) is 17.2 Å². The lowest BCUT2D eigenvalue weighted by Crippen LogP contribution is -1.90. The van der Waals surface area contributed by atoms with Gasteiger partial charge < -0.3 is 4.85 Å². The fourth-order valence-corrected chi connectivity index (χ4v) is 1.41. The summed E-state index contributed by atoms with van der Waals surface area (Å²) in [6.45, 7) is 7.12. The monoisotopic (exact) mass is 244 g/mol. The average molecular weight is 246 g/mol. The molecule has 0 N–H and O–H groups in total. The second-order valence-corrected chi connectivity index (χ2v) is 3.47. The Balaban J connectivity index is 2.84. The molecule has 2 nitrogen and oxygen atoms in total. The molecule has 1 rings (SSSR count). The molecule has 0 bridgehead atoms. The first-order chi connectivity index (χ1) is 5.74. The molecule has 0 atom stereocenters. The third kappa shape index (κ3) is 2.47. The van der Waals surface area contributed by atoms with Crippen LogP contribution in [-0.2, 0) is 6.42 Å². The largest absolute Gasteiger partial charge is 0.317 e. The van der Waals surface area contributed by atoms with Crippen LogP contribution in [0.15, 0.2) is 16.7 Å². The van der Waals surface area contributed by atoms with E-state index in [1.807, 2.05) is 0 Å². The van der Waals surface area contributed by atoms with Crippen LogP contribution in [0.4, 0.5) is 0 Å². The highest BCUT2D eigenvalue weighted by Crippen LogP contribution is 2.19. The number of nitrogens with zero attached hydrogens (tertiary/aromatic N) is 2. The number of halogens is 2. The molecule has 0 aromatic carbocycles. The lowest BCUT2D eigenvalue weighted by Gasteiger charge is -1.99. The van der Waals surface area contributed by atoms with Crippen molar-refractivity contribution >= 4 is 27.5 Å². The van der Waals surface area contributed by atoms with Crippen LogP contribution < -0.4 is 0 Å². The Kier molecular flexibility index (Phi) is 3.51. The maximum Gasteiger partial charge on any atom is 0.218 e. The van der Waals surface area contributed by atoms with Crippen molar-refractivity contribution < 1.29 is 0 Å². The zero-order chi connectivity index (χ0) is 8.97. The van der Waals surface area contributed by atoms with Gasteiger partial charge in [0.15, 0.2) is 0 Å². The van der Waals surface area contributed by atoms with Gasteiger partial charge in [0, 0.05) is 17.1 Å². The van der Waals surface area contributed by atoms with E-state index in [2.05, 4.69) is 25.8 Å². The summed E-state index contributed by atoms with van der Waals surface area (Å²) >= 11 is 9.02. The molecule has 12 heavy (non-hydrogen) atoms. The summed E-state index contributed by atoms with van der Waals surface area (Å²) in [5, 5.41) is 0.471. The van der Waals surface area contributed by atoms with E-state index in [1.54, 1.807) is 12.3 Å². The maximum atomic E-state index is 6.64. The van der Waals surface area contributed by atoms with E-state index in [1.165, 1.54) is 0 Å². The number of aromatic nitrogens is 1. The van der Waals surface area contributed by atoms with Gasteiger partial charge in [0.25, 0.3) is 0 Å². The van der Waals surface area contributed by atoms with Crippen molar-refractivity contribution in [1.82, 2.24) is 4.98 Å². The van der Waals surface area contributed by atoms with Crippen LogP contribution in [0.1, 0.15) is 5.56 Å². The van der Waals surface area contributed by atoms with Crippen LogP contribution >= 0.6 is 27.5 Å². The number of rotatable bonds is 2. The first kappa shape index (κ1) is 9.50. The molecule has 0 aliphatic rings. The second-order valence-electron chi connectivity index (χ2n) is 2.23. The summed E-state index contributed by atoms with van der Waals surface area (Å²) in [6, 6.07) is 1.77. The van der Waals surface area contributed by atoms with Gasteiger partial charge >= 0.3 is 0 Å². The van der Waals surface area contributed by atoms with Crippen LogP contribution in [0.5, 0.6) is 0 Å². The first-order valence-electron chi connectivity index (χ1n) is 3.37. The van der Waals surface area contributed by atoms with Gasteiger partial charge in [-0.05, 0) is 27.6 Å². The molecular formula is C8H6BrClN2. The van der Waals surface area contributed by atoms with Crippen LogP contribution in [0, 0.1) is 6.57 Å². The number of hydrogen-bond acceptors (Lipinski definition) is 1. The Morgan fingerprint density at radius 2 is 2.42 bits per heavy atom. The molecule has 0 aliphatic heterocycles. The first-order valence-corrected chi connectivity index (χ1v) is 4.54. The van der Waals surface area contributed by atoms with Crippen molar-refractivity contribution in [3.63, 3.8) is 0 Å². The van der Waals surface area contributed by atoms with E-state index < -0.39 is 0 Å². The van der Waals surface area contributed by atoms with Crippen LogP contribution in [-0.4, -0.2) is 11.5 Å². The lowest BCUT2D eigenvalue weighted by atomic mass is 10.2. The van der Waals surface area contributed by atoms with Gasteiger partial charge in [0.1, 0.15) is 5.15 Å². The van der Waals surface area contributed by atoms with Gasteiger partial charge in [0.2, 0.25) is 6.54 Å². The minimum absolute atomic E-state index is 0.471. The molecule has 0 radical (unpaired) electrons. The molecule has 0 aliphatic carbocycles. The van der Waals surface area contributed by atoms with E-state index in [4.69, 9.17) is 18.2 Å². The fraction of sp³-hybridized carbons (Fsp3) is 0.250. The highest BCUT2D eigenvalue weighted by molar-refractivity contribution is 9.10. The highest BCUT2D eigenvalue weighted by atomic mass is 79.9. The summed E-state index contributed by atoms with van der Waals surface area (Å²) in [4.78, 5) is 7.16. The Labute approximate surface area is 84.5 Å². The molecule has 0 fully saturated rings. The average Bonchev–Trinajstić information content (AvgIpc) is 2.07. The summed E-state index contributed by atoms with van der Waals surface area (Å²) in [6.07, 6.45) is 2.37. The summed E-state index contributed by atoms with van der Waals surface area (Å²) in [5.41, 5.74) is 1.03. The van der Waals surface area contributed by atoms with E-state index in [0.717, 1.165) is 10.0 Å². The van der Waals surface area contributed by atoms with E-state index >= 15 is 0 Å². The van der Waals surface area contributed by atoms with Gasteiger partial charge in [-0.2, -0.15) is 0 Å². The molecule has 62 valence electrons. The smallest absolute Gasteiger partial charge is 0.218 e. The predicted molar refractivity (Wildman–Crippen MR) is 52.1 cm³/mol. The minimum atomic E-state index is 0.471. The standard InChI is InChI=1S/C8H6BrClN2/c1-11-3-2-6-4-8(10)12-5-7(6)9/h4-5H,2-3H2. The Hall–Kier alpha value is -0.590. The molecule has 1 aromatic rings. The van der Waals surface area contributed by atoms with Crippen LogP contribution in [0.2, 0.25) is 5.15 Å². The normalized spacial score (nSPS) is 9.42. The third-order valence-corrected chi connectivity index (χ3v) is 2.32. The van der Waals surface area contributed by atoms with Gasteiger partial charge in [-0.1, -0.05) is 11.6 Å². The van der Waals surface area contributed by atoms with Gasteiger partial charge in [-0.3, -0.25) is 0 Å². The Bertz CT molecular complexity index is 319. The molecule has 0 amide bonds. The number of hydrogen-bond donors (Lipinski definition) is 0. The fourth-order valence-electron chi connectivity index (χ4n) is 0.819. The van der Waals surface area contributed by atoms with Crippen molar-refractivity contribution in [2.45, 2.75) is 6.42 Å². The molecule has 1 heterocycles. The maximum absolute atomic E-state index is 6.64. The van der Waals surface area contributed by atoms with Crippen molar-refractivity contribution in [3.05, 3.63) is 38.9 Å². The Morgan fingerprint density at radius 1 is 1.67 bits per heavy atom. The molecule has 4 heteroatoms. The zero-order valence-corrected chi connectivity index (χ0v) is 8.56. The summed E-state index contributed by atoms with van der Waals surface area (Å²) < 4.78 is 0.913. The molecule has 1 aromatic heterocycles. The predicted octanol–water partition coefficient (Wildman–Crippen LogP) is 2.96. The minimum Gasteiger partial charge on any atom is -0.317 e. The quantitative estimate of drug-likeness (QED) is 0.578. The van der Waals surface area contributed by atoms with Crippen molar-refractivity contribution in [3.8, 4) is 0 Å². The lowest BCUT2D eigenvalue weighted by molar-refractivity contribution is 1.05. The highest BCUT2D eigenvalue weighted by Gasteiger charge is 2.02. The molecule has 0 saturated heterocycles. The Morgan fingerprint density at radius 3 is 3.08 bits per heavy atom. The zero-order valence-electron chi connectivity index (χ0n) is 6.22. The van der Waals surface area contributed by atoms with E-state index in [0.29, 0.717) is 18.1 Å². The molecule has 0 saturated carbocycles. The van der Waals surface area contributed by atoms with Crippen molar-refractivity contribution in [2.24, 2.45) is 0 Å². The third-order valence-electron chi connectivity index (χ3n) is 1.39. The van der Waals surface area contributed by atoms with E-state index in [9.17, 15) is 0 Å². The van der Waals surface area contributed by atoms with Gasteiger partial charge in [-0.25, -0.2) is 11.6 Å². The van der Waals surface area contributed by atoms with E-state index in [-0.39, 0.29) is 0 Å². The SMILES string of the molecule is [C-]#[N+]CCc1cc(Cl)ncc1Br. The molecule has 0 unspecified atom stereocenters. The van der Waals surface area contributed by atoms with Crippen LogP contribution in [0.25, 0.3) is 4.85 Å². The van der Waals surface area contributed by atoms with Gasteiger partial charge in [0.05, 0.1) is 0 Å². The molecular weight excluding hydrogens is 239 g/mol. The van der Waals surface area contributed by atoms with Crippen molar-refractivity contribution in [1.29, 1.82) is 0 Å². The van der Waals surface area contributed by atoms with Crippen LogP contribution in [0.3, 0.4) is 0 Å². The second kappa shape index (κ2) is 4.44. The molecule has 0 spiro atoms.